The highest BCUT2D eigenvalue weighted by atomic mass is 35.5. The number of benzene rings is 2. The first-order chi connectivity index (χ1) is 14.3. The standard InChI is InChI=1S/C23H27Cl3N2O2/c1-4-15(3)27-23(30)21(5-2)28(14-18-19(25)7-6-8-20(18)26)22(29)13-16-9-11-17(24)12-10-16/h6-12,15,21H,4-5,13-14H2,1-3H3,(H,27,30)/t15-,21-/m0/s1. The van der Waals surface area contributed by atoms with Gasteiger partial charge < -0.3 is 10.2 Å². The molecule has 0 heterocycles. The van der Waals surface area contributed by atoms with Gasteiger partial charge >= 0.3 is 0 Å². The van der Waals surface area contributed by atoms with Crippen LogP contribution in [0.3, 0.4) is 0 Å². The summed E-state index contributed by atoms with van der Waals surface area (Å²) < 4.78 is 0. The molecule has 0 spiro atoms. The monoisotopic (exact) mass is 468 g/mol. The van der Waals surface area contributed by atoms with Gasteiger partial charge in [-0.05, 0) is 49.6 Å². The van der Waals surface area contributed by atoms with Crippen molar-refractivity contribution in [2.45, 2.75) is 58.7 Å². The maximum atomic E-state index is 13.3. The van der Waals surface area contributed by atoms with Crippen molar-refractivity contribution in [1.29, 1.82) is 0 Å². The maximum absolute atomic E-state index is 13.3. The van der Waals surface area contributed by atoms with Crippen LogP contribution in [0.1, 0.15) is 44.7 Å². The van der Waals surface area contributed by atoms with Gasteiger partial charge in [0.25, 0.3) is 0 Å². The lowest BCUT2D eigenvalue weighted by Crippen LogP contribution is -2.51. The van der Waals surface area contributed by atoms with E-state index in [1.807, 2.05) is 20.8 Å². The molecule has 2 aromatic rings. The number of hydrogen-bond acceptors (Lipinski definition) is 2. The Hall–Kier alpha value is -1.75. The zero-order valence-corrected chi connectivity index (χ0v) is 19.7. The van der Waals surface area contributed by atoms with Crippen LogP contribution in [-0.4, -0.2) is 28.8 Å². The molecule has 4 nitrogen and oxygen atoms in total. The molecule has 0 aromatic heterocycles. The van der Waals surface area contributed by atoms with Gasteiger partial charge in [0.15, 0.2) is 0 Å². The highest BCUT2D eigenvalue weighted by Crippen LogP contribution is 2.27. The topological polar surface area (TPSA) is 49.4 Å². The minimum Gasteiger partial charge on any atom is -0.352 e. The first-order valence-corrected chi connectivity index (χ1v) is 11.2. The molecule has 0 radical (unpaired) electrons. The predicted molar refractivity (Wildman–Crippen MR) is 124 cm³/mol. The second-order valence-corrected chi connectivity index (χ2v) is 8.52. The quantitative estimate of drug-likeness (QED) is 0.496. The lowest BCUT2D eigenvalue weighted by molar-refractivity contribution is -0.141. The second kappa shape index (κ2) is 11.6. The molecule has 2 atom stereocenters. The lowest BCUT2D eigenvalue weighted by Gasteiger charge is -2.32. The van der Waals surface area contributed by atoms with Crippen LogP contribution in [-0.2, 0) is 22.6 Å². The first-order valence-electron chi connectivity index (χ1n) is 10.0. The molecule has 0 bridgehead atoms. The van der Waals surface area contributed by atoms with Gasteiger partial charge in [0.1, 0.15) is 6.04 Å². The molecule has 2 rings (SSSR count). The van der Waals surface area contributed by atoms with Crippen LogP contribution in [0.2, 0.25) is 15.1 Å². The third-order valence-electron chi connectivity index (χ3n) is 5.05. The number of carbonyl (C=O) groups excluding carboxylic acids is 2. The van der Waals surface area contributed by atoms with Crippen molar-refractivity contribution in [3.8, 4) is 0 Å². The molecule has 0 aliphatic carbocycles. The number of nitrogens with zero attached hydrogens (tertiary/aromatic N) is 1. The predicted octanol–water partition coefficient (Wildman–Crippen LogP) is 5.91. The van der Waals surface area contributed by atoms with Gasteiger partial charge in [0, 0.05) is 33.2 Å². The Kier molecular flexibility index (Phi) is 9.47. The average Bonchev–Trinajstić information content (AvgIpc) is 2.71. The molecule has 0 unspecified atom stereocenters. The van der Waals surface area contributed by atoms with Gasteiger partial charge in [-0.25, -0.2) is 0 Å². The van der Waals surface area contributed by atoms with E-state index < -0.39 is 6.04 Å². The Morgan fingerprint density at radius 1 is 0.967 bits per heavy atom. The van der Waals surface area contributed by atoms with Gasteiger partial charge in [0.2, 0.25) is 11.8 Å². The van der Waals surface area contributed by atoms with Crippen molar-refractivity contribution in [3.63, 3.8) is 0 Å². The Morgan fingerprint density at radius 3 is 2.10 bits per heavy atom. The first kappa shape index (κ1) is 24.5. The summed E-state index contributed by atoms with van der Waals surface area (Å²) in [5, 5.41) is 4.51. The summed E-state index contributed by atoms with van der Waals surface area (Å²) in [5.41, 5.74) is 1.44. The Morgan fingerprint density at radius 2 is 1.57 bits per heavy atom. The van der Waals surface area contributed by atoms with Gasteiger partial charge in [-0.1, -0.05) is 66.8 Å². The summed E-state index contributed by atoms with van der Waals surface area (Å²) in [6.07, 6.45) is 1.42. The van der Waals surface area contributed by atoms with E-state index in [9.17, 15) is 9.59 Å². The second-order valence-electron chi connectivity index (χ2n) is 7.27. The molecule has 0 aliphatic heterocycles. The third-order valence-corrected chi connectivity index (χ3v) is 6.01. The molecule has 0 aliphatic rings. The van der Waals surface area contributed by atoms with E-state index in [2.05, 4.69) is 5.32 Å². The maximum Gasteiger partial charge on any atom is 0.243 e. The average molecular weight is 470 g/mol. The molecular weight excluding hydrogens is 443 g/mol. The minimum absolute atomic E-state index is 0.0173. The zero-order chi connectivity index (χ0) is 22.3. The van der Waals surface area contributed by atoms with Crippen molar-refractivity contribution < 1.29 is 9.59 Å². The number of hydrogen-bond donors (Lipinski definition) is 1. The molecule has 0 fully saturated rings. The van der Waals surface area contributed by atoms with Crippen molar-refractivity contribution in [2.75, 3.05) is 0 Å². The normalized spacial score (nSPS) is 12.9. The van der Waals surface area contributed by atoms with Crippen molar-refractivity contribution in [2.24, 2.45) is 0 Å². The fourth-order valence-electron chi connectivity index (χ4n) is 3.09. The summed E-state index contributed by atoms with van der Waals surface area (Å²) in [7, 11) is 0. The molecule has 1 N–H and O–H groups in total. The highest BCUT2D eigenvalue weighted by Gasteiger charge is 2.30. The van der Waals surface area contributed by atoms with Gasteiger partial charge in [-0.3, -0.25) is 9.59 Å². The fourth-order valence-corrected chi connectivity index (χ4v) is 3.74. The zero-order valence-electron chi connectivity index (χ0n) is 17.4. The number of carbonyl (C=O) groups is 2. The number of nitrogens with one attached hydrogen (secondary N) is 1. The molecule has 2 amide bonds. The minimum atomic E-state index is -0.633. The van der Waals surface area contributed by atoms with Gasteiger partial charge in [-0.15, -0.1) is 0 Å². The van der Waals surface area contributed by atoms with Crippen LogP contribution in [0, 0.1) is 0 Å². The number of halogens is 3. The Bertz CT molecular complexity index is 851. The van der Waals surface area contributed by atoms with Crippen molar-refractivity contribution >= 4 is 46.6 Å². The summed E-state index contributed by atoms with van der Waals surface area (Å²) in [6.45, 7) is 5.98. The summed E-state index contributed by atoms with van der Waals surface area (Å²) in [4.78, 5) is 27.8. The molecule has 0 saturated heterocycles. The SMILES string of the molecule is CC[C@H](C)NC(=O)[C@H](CC)N(Cc1c(Cl)cccc1Cl)C(=O)Cc1ccc(Cl)cc1. The van der Waals surface area contributed by atoms with Crippen molar-refractivity contribution in [3.05, 3.63) is 68.7 Å². The van der Waals surface area contributed by atoms with Crippen LogP contribution in [0.4, 0.5) is 0 Å². The van der Waals surface area contributed by atoms with Crippen LogP contribution >= 0.6 is 34.8 Å². The highest BCUT2D eigenvalue weighted by molar-refractivity contribution is 6.36. The van der Waals surface area contributed by atoms with Crippen LogP contribution in [0.25, 0.3) is 0 Å². The van der Waals surface area contributed by atoms with E-state index in [-0.39, 0.29) is 30.8 Å². The van der Waals surface area contributed by atoms with E-state index in [1.54, 1.807) is 47.4 Å². The largest absolute Gasteiger partial charge is 0.352 e. The molecule has 30 heavy (non-hydrogen) atoms. The lowest BCUT2D eigenvalue weighted by atomic mass is 10.1. The van der Waals surface area contributed by atoms with E-state index in [0.29, 0.717) is 27.1 Å². The van der Waals surface area contributed by atoms with Gasteiger partial charge in [-0.2, -0.15) is 0 Å². The van der Waals surface area contributed by atoms with Crippen LogP contribution < -0.4 is 5.32 Å². The van der Waals surface area contributed by atoms with Crippen LogP contribution in [0.15, 0.2) is 42.5 Å². The summed E-state index contributed by atoms with van der Waals surface area (Å²) in [6, 6.07) is 11.7. The van der Waals surface area contributed by atoms with Crippen LogP contribution in [0.5, 0.6) is 0 Å². The van der Waals surface area contributed by atoms with E-state index >= 15 is 0 Å². The number of amides is 2. The molecule has 7 heteroatoms. The van der Waals surface area contributed by atoms with E-state index in [1.165, 1.54) is 0 Å². The summed E-state index contributed by atoms with van der Waals surface area (Å²) >= 11 is 18.7. The smallest absolute Gasteiger partial charge is 0.243 e. The van der Waals surface area contributed by atoms with Gasteiger partial charge in [0.05, 0.1) is 6.42 Å². The van der Waals surface area contributed by atoms with Crippen molar-refractivity contribution in [1.82, 2.24) is 10.2 Å². The fraction of sp³-hybridized carbons (Fsp3) is 0.391. The molecule has 162 valence electrons. The van der Waals surface area contributed by atoms with E-state index in [4.69, 9.17) is 34.8 Å². The number of rotatable bonds is 9. The molecule has 2 aromatic carbocycles. The Balaban J connectivity index is 2.35. The van der Waals surface area contributed by atoms with E-state index in [0.717, 1.165) is 12.0 Å². The molecule has 0 saturated carbocycles. The molecular formula is C23H27Cl3N2O2. The Labute approximate surface area is 193 Å². The summed E-state index contributed by atoms with van der Waals surface area (Å²) in [5.74, 6) is -0.362. The third kappa shape index (κ3) is 6.63.